The highest BCUT2D eigenvalue weighted by molar-refractivity contribution is 7.98. The average molecular weight is 823 g/mol. The summed E-state index contributed by atoms with van der Waals surface area (Å²) in [6.45, 7) is 11.0. The summed E-state index contributed by atoms with van der Waals surface area (Å²) in [6, 6.07) is 3.78. The molecule has 4 aliphatic heterocycles. The van der Waals surface area contributed by atoms with Gasteiger partial charge in [-0.3, -0.25) is 9.69 Å². The van der Waals surface area contributed by atoms with Crippen LogP contribution in [0, 0.1) is 13.8 Å². The van der Waals surface area contributed by atoms with E-state index in [1.165, 1.54) is 6.92 Å². The zero-order chi connectivity index (χ0) is 41.8. The summed E-state index contributed by atoms with van der Waals surface area (Å²) in [5.41, 5.74) is 12.2. The van der Waals surface area contributed by atoms with Crippen LogP contribution >= 0.6 is 11.8 Å². The van der Waals surface area contributed by atoms with Crippen LogP contribution in [0.2, 0.25) is 0 Å². The van der Waals surface area contributed by atoms with Crippen molar-refractivity contribution >= 4 is 23.7 Å². The molecule has 3 aromatic carbocycles. The summed E-state index contributed by atoms with van der Waals surface area (Å²) in [5, 5.41) is 18.5. The fourth-order valence-electron chi connectivity index (χ4n) is 9.10. The molecule has 15 heteroatoms. The SMILES string of the molecule is CC.CN[C@@H]1c2c(cc(C)c(OC)c2O)CCCN2C(COC(=O)C3NCCc4cc(OCCN)c(OC)cc43)c3c4c(c(C)c(OC(C)=O)c3C(SC)C12)OCO4. The van der Waals surface area contributed by atoms with Gasteiger partial charge in [-0.1, -0.05) is 19.9 Å². The molecule has 3 aromatic rings. The normalized spacial score (nSPS) is 21.7. The Morgan fingerprint density at radius 2 is 1.78 bits per heavy atom. The van der Waals surface area contributed by atoms with Gasteiger partial charge in [-0.25, -0.2) is 4.79 Å². The van der Waals surface area contributed by atoms with Gasteiger partial charge in [0, 0.05) is 48.3 Å². The molecule has 0 amide bonds. The first-order chi connectivity index (χ1) is 28.1. The fraction of sp³-hybridized carbons (Fsp3) is 0.535. The molecule has 7 rings (SSSR count). The number of benzene rings is 3. The number of hydrogen-bond donors (Lipinski definition) is 4. The number of methoxy groups -OCH3 is 2. The lowest BCUT2D eigenvalue weighted by Crippen LogP contribution is -2.54. The third-order valence-corrected chi connectivity index (χ3v) is 12.4. The molecule has 4 unspecified atom stereocenters. The van der Waals surface area contributed by atoms with Gasteiger partial charge >= 0.3 is 11.9 Å². The molecular formula is C43H58N4O10S. The van der Waals surface area contributed by atoms with Crippen LogP contribution in [0.1, 0.15) is 95.1 Å². The van der Waals surface area contributed by atoms with Crippen LogP contribution in [0.15, 0.2) is 18.2 Å². The lowest BCUT2D eigenvalue weighted by Gasteiger charge is -2.51. The Morgan fingerprint density at radius 1 is 1.02 bits per heavy atom. The number of ether oxygens (including phenoxy) is 7. The van der Waals surface area contributed by atoms with Gasteiger partial charge in [0.15, 0.2) is 34.5 Å². The van der Waals surface area contributed by atoms with E-state index in [0.29, 0.717) is 79.1 Å². The number of rotatable bonds is 11. The van der Waals surface area contributed by atoms with Gasteiger partial charge in [0.1, 0.15) is 25.0 Å². The fourth-order valence-corrected chi connectivity index (χ4v) is 10.2. The van der Waals surface area contributed by atoms with Crippen molar-refractivity contribution in [3.63, 3.8) is 0 Å². The van der Waals surface area contributed by atoms with E-state index in [1.54, 1.807) is 26.0 Å². The van der Waals surface area contributed by atoms with Crippen LogP contribution in [0.25, 0.3) is 0 Å². The topological polar surface area (TPSA) is 172 Å². The van der Waals surface area contributed by atoms with Gasteiger partial charge in [-0.15, -0.1) is 0 Å². The number of fused-ring (bicyclic) bond motifs is 6. The number of nitrogens with one attached hydrogen (secondary N) is 2. The summed E-state index contributed by atoms with van der Waals surface area (Å²) in [4.78, 5) is 29.5. The molecule has 0 fully saturated rings. The molecule has 5 N–H and O–H groups in total. The third kappa shape index (κ3) is 7.74. The Morgan fingerprint density at radius 3 is 2.45 bits per heavy atom. The molecule has 0 spiro atoms. The van der Waals surface area contributed by atoms with Gasteiger partial charge < -0.3 is 54.6 Å². The van der Waals surface area contributed by atoms with Crippen molar-refractivity contribution in [2.45, 2.75) is 83.3 Å². The molecule has 4 heterocycles. The molecule has 0 saturated carbocycles. The monoisotopic (exact) mass is 822 g/mol. The second kappa shape index (κ2) is 18.7. The molecular weight excluding hydrogens is 765 g/mol. The number of hydrogen-bond acceptors (Lipinski definition) is 15. The molecule has 0 bridgehead atoms. The summed E-state index contributed by atoms with van der Waals surface area (Å²) >= 11 is 1.62. The Hall–Kier alpha value is -4.41. The maximum absolute atomic E-state index is 14.3. The van der Waals surface area contributed by atoms with Gasteiger partial charge in [-0.2, -0.15) is 11.8 Å². The lowest BCUT2D eigenvalue weighted by molar-refractivity contribution is -0.149. The lowest BCUT2D eigenvalue weighted by atomic mass is 9.78. The average Bonchev–Trinajstić information content (AvgIpc) is 3.71. The summed E-state index contributed by atoms with van der Waals surface area (Å²) in [6.07, 6.45) is 4.17. The minimum Gasteiger partial charge on any atom is -0.504 e. The van der Waals surface area contributed by atoms with Crippen LogP contribution in [-0.2, 0) is 27.2 Å². The maximum atomic E-state index is 14.3. The maximum Gasteiger partial charge on any atom is 0.327 e. The smallest absolute Gasteiger partial charge is 0.327 e. The Labute approximate surface area is 345 Å². The number of phenols is 1. The minimum absolute atomic E-state index is 0.00681. The molecule has 316 valence electrons. The zero-order valence-corrected chi connectivity index (χ0v) is 35.9. The second-order valence-electron chi connectivity index (χ2n) is 14.5. The summed E-state index contributed by atoms with van der Waals surface area (Å²) < 4.78 is 42.0. The number of nitrogens with zero attached hydrogens (tertiary/aromatic N) is 1. The standard InChI is InChI=1S/C41H52N4O10S.C2H6/c1-20-15-24-9-8-13-45-26(18-52-41(48)32-25-17-27(49-5)28(51-14-11-42)16-23(25)10-12-44-32)30-31(37(55-22(3)46)21(2)38-39(30)54-19-53-38)40(56-7)34(45)33(43-4)29(24)35(47)36(20)50-6;1-2/h15-17,26,32-34,40,43-44,47H,8-14,18-19,42H2,1-7H3;1-2H3/t26?,32?,33-,34?,40?;/m1./s1. The van der Waals surface area contributed by atoms with Crippen molar-refractivity contribution in [1.82, 2.24) is 15.5 Å². The number of carbonyl (C=O) groups excluding carboxylic acids is 2. The van der Waals surface area contributed by atoms with Gasteiger partial charge in [-0.05, 0) is 87.3 Å². The highest BCUT2D eigenvalue weighted by Gasteiger charge is 2.51. The third-order valence-electron chi connectivity index (χ3n) is 11.4. The van der Waals surface area contributed by atoms with Crippen molar-refractivity contribution in [1.29, 1.82) is 0 Å². The van der Waals surface area contributed by atoms with Crippen LogP contribution in [0.4, 0.5) is 0 Å². The molecule has 58 heavy (non-hydrogen) atoms. The number of likely N-dealkylation sites (N-methyl/N-ethyl adjacent to an activating group) is 1. The summed E-state index contributed by atoms with van der Waals surface area (Å²) in [5.74, 6) is 2.12. The minimum atomic E-state index is -0.758. The van der Waals surface area contributed by atoms with Gasteiger partial charge in [0.05, 0.1) is 31.6 Å². The molecule has 14 nitrogen and oxygen atoms in total. The predicted octanol–water partition coefficient (Wildman–Crippen LogP) is 5.51. The first-order valence-corrected chi connectivity index (χ1v) is 21.3. The van der Waals surface area contributed by atoms with E-state index in [-0.39, 0.29) is 30.4 Å². The molecule has 4 aliphatic rings. The van der Waals surface area contributed by atoms with Crippen LogP contribution in [-0.4, -0.2) is 95.2 Å². The van der Waals surface area contributed by atoms with Crippen molar-refractivity contribution in [3.8, 4) is 40.2 Å². The Kier molecular flexibility index (Phi) is 13.9. The number of phenolic OH excluding ortho intramolecular Hbond substituents is 1. The number of esters is 2. The molecule has 0 saturated heterocycles. The number of aryl methyl sites for hydroxylation is 2. The van der Waals surface area contributed by atoms with Gasteiger partial charge in [0.25, 0.3) is 0 Å². The van der Waals surface area contributed by atoms with Crippen LogP contribution in [0.5, 0.6) is 40.2 Å². The van der Waals surface area contributed by atoms with E-state index in [9.17, 15) is 14.7 Å². The van der Waals surface area contributed by atoms with E-state index in [4.69, 9.17) is 38.9 Å². The second-order valence-corrected chi connectivity index (χ2v) is 15.4. The van der Waals surface area contributed by atoms with Gasteiger partial charge in [0.2, 0.25) is 6.79 Å². The zero-order valence-electron chi connectivity index (χ0n) is 35.0. The van der Waals surface area contributed by atoms with Crippen molar-refractivity contribution < 1.29 is 47.9 Å². The summed E-state index contributed by atoms with van der Waals surface area (Å²) in [7, 11) is 5.00. The first kappa shape index (κ1) is 43.2. The highest BCUT2D eigenvalue weighted by atomic mass is 32.2. The molecule has 0 aliphatic carbocycles. The number of thioether (sulfide) groups is 1. The first-order valence-electron chi connectivity index (χ1n) is 20.0. The van der Waals surface area contributed by atoms with Crippen molar-refractivity contribution in [2.24, 2.45) is 5.73 Å². The van der Waals surface area contributed by atoms with E-state index >= 15 is 0 Å². The van der Waals surface area contributed by atoms with E-state index in [2.05, 4.69) is 21.6 Å². The molecule has 0 aromatic heterocycles. The van der Waals surface area contributed by atoms with Crippen molar-refractivity contribution in [3.05, 3.63) is 62.7 Å². The largest absolute Gasteiger partial charge is 0.504 e. The van der Waals surface area contributed by atoms with Crippen LogP contribution in [0.3, 0.4) is 0 Å². The highest BCUT2D eigenvalue weighted by Crippen LogP contribution is 2.60. The number of nitrogens with two attached hydrogens (primary N) is 1. The molecule has 5 atom stereocenters. The van der Waals surface area contributed by atoms with E-state index < -0.39 is 30.1 Å². The van der Waals surface area contributed by atoms with Crippen LogP contribution < -0.4 is 44.8 Å². The number of aromatic hydroxyl groups is 1. The number of carbonyl (C=O) groups is 2. The molecule has 0 radical (unpaired) electrons. The van der Waals surface area contributed by atoms with E-state index in [0.717, 1.165) is 45.4 Å². The Balaban J connectivity index is 0.00000279. The van der Waals surface area contributed by atoms with E-state index in [1.807, 2.05) is 53.1 Å². The van der Waals surface area contributed by atoms with Crippen molar-refractivity contribution in [2.75, 3.05) is 67.2 Å². The Bertz CT molecular complexity index is 2010. The quantitative estimate of drug-likeness (QED) is 0.141. The predicted molar refractivity (Wildman–Crippen MR) is 222 cm³/mol.